The number of pyridine rings is 2. The first-order valence-corrected chi connectivity index (χ1v) is 14.9. The third-order valence-corrected chi connectivity index (χ3v) is 7.61. The molecule has 0 atom stereocenters. The maximum atomic E-state index is 10.7. The lowest BCUT2D eigenvalue weighted by atomic mass is 9.98. The number of aromatic nitrogens is 2. The molecule has 2 aromatic carbocycles. The normalized spacial score (nSPS) is 11.0. The quantitative estimate of drug-likeness (QED) is 0.0957. The first-order valence-electron chi connectivity index (χ1n) is 14.1. The molecule has 238 valence electrons. The highest BCUT2D eigenvalue weighted by Gasteiger charge is 2.18. The zero-order valence-corrected chi connectivity index (χ0v) is 26.6. The Kier molecular flexibility index (Phi) is 12.8. The second kappa shape index (κ2) is 16.9. The first-order chi connectivity index (χ1) is 21.9. The number of hydrogen-bond donors (Lipinski definition) is 4. The average molecular weight is 656 g/mol. The van der Waals surface area contributed by atoms with Crippen LogP contribution in [0.5, 0.6) is 11.8 Å². The van der Waals surface area contributed by atoms with E-state index in [1.165, 1.54) is 0 Å². The maximum Gasteiger partial charge on any atom is 0.404 e. The average Bonchev–Trinajstić information content (AvgIpc) is 3.05. The van der Waals surface area contributed by atoms with Crippen molar-refractivity contribution in [1.29, 1.82) is 0 Å². The highest BCUT2D eigenvalue weighted by molar-refractivity contribution is 6.39. The highest BCUT2D eigenvalue weighted by Crippen LogP contribution is 2.42. The summed E-state index contributed by atoms with van der Waals surface area (Å²) >= 11 is 14.0. The Morgan fingerprint density at radius 1 is 0.733 bits per heavy atom. The highest BCUT2D eigenvalue weighted by atomic mass is 35.5. The fourth-order valence-corrected chi connectivity index (χ4v) is 5.28. The number of methoxy groups -OCH3 is 2. The molecule has 0 radical (unpaired) electrons. The van der Waals surface area contributed by atoms with E-state index in [-0.39, 0.29) is 13.3 Å². The van der Waals surface area contributed by atoms with Crippen LogP contribution in [0.25, 0.3) is 33.6 Å². The fourth-order valence-electron chi connectivity index (χ4n) is 4.63. The van der Waals surface area contributed by atoms with Crippen LogP contribution in [0.4, 0.5) is 4.79 Å². The van der Waals surface area contributed by atoms with Gasteiger partial charge in [-0.15, -0.1) is 0 Å². The molecule has 0 aliphatic heterocycles. The molecular weight excluding hydrogens is 619 g/mol. The number of primary amides is 1. The Bertz CT molecular complexity index is 1610. The van der Waals surface area contributed by atoms with E-state index in [4.69, 9.17) is 63.6 Å². The molecule has 1 amide bonds. The third kappa shape index (κ3) is 8.82. The summed E-state index contributed by atoms with van der Waals surface area (Å²) < 4.78 is 21.0. The zero-order valence-electron chi connectivity index (χ0n) is 25.1. The summed E-state index contributed by atoms with van der Waals surface area (Å²) in [7, 11) is 3.14. The van der Waals surface area contributed by atoms with Gasteiger partial charge in [0.1, 0.15) is 6.61 Å². The largest absolute Gasteiger partial charge is 0.481 e. The minimum atomic E-state index is -0.812. The Balaban J connectivity index is 1.58. The van der Waals surface area contributed by atoms with Crippen LogP contribution in [0.2, 0.25) is 10.0 Å². The Hall–Kier alpha value is -3.97. The van der Waals surface area contributed by atoms with Crippen LogP contribution >= 0.6 is 23.2 Å². The van der Waals surface area contributed by atoms with Crippen molar-refractivity contribution in [2.75, 3.05) is 47.3 Å². The second-order valence-corrected chi connectivity index (χ2v) is 10.4. The van der Waals surface area contributed by atoms with Crippen molar-refractivity contribution in [3.8, 4) is 45.4 Å². The van der Waals surface area contributed by atoms with Crippen LogP contribution in [-0.2, 0) is 22.6 Å². The van der Waals surface area contributed by atoms with E-state index in [1.54, 1.807) is 14.2 Å². The SMILES string of the molecule is COc1nc(-c2cccc(-c3cccc(-c4ccc(CNCCOC(N)=O)c(OC)n4)c3Cl)c2Cl)ccc1CNCCOCN. The molecule has 0 saturated carbocycles. The Labute approximate surface area is 272 Å². The number of amides is 1. The summed E-state index contributed by atoms with van der Waals surface area (Å²) in [6.07, 6.45) is -0.812. The summed E-state index contributed by atoms with van der Waals surface area (Å²) in [6, 6.07) is 19.1. The number of halogens is 2. The third-order valence-electron chi connectivity index (χ3n) is 6.80. The predicted molar refractivity (Wildman–Crippen MR) is 175 cm³/mol. The molecule has 0 fully saturated rings. The number of hydrogen-bond acceptors (Lipinski definition) is 10. The van der Waals surface area contributed by atoms with Gasteiger partial charge in [0.25, 0.3) is 0 Å². The molecule has 0 bridgehead atoms. The molecule has 4 aromatic rings. The van der Waals surface area contributed by atoms with Crippen molar-refractivity contribution in [3.63, 3.8) is 0 Å². The van der Waals surface area contributed by atoms with Crippen LogP contribution in [0.3, 0.4) is 0 Å². The molecule has 0 unspecified atom stereocenters. The molecule has 45 heavy (non-hydrogen) atoms. The van der Waals surface area contributed by atoms with E-state index in [2.05, 4.69) is 10.6 Å². The van der Waals surface area contributed by atoms with E-state index in [0.717, 1.165) is 33.4 Å². The number of nitrogens with two attached hydrogens (primary N) is 2. The van der Waals surface area contributed by atoms with Gasteiger partial charge in [-0.3, -0.25) is 0 Å². The number of nitrogens with one attached hydrogen (secondary N) is 2. The summed E-state index contributed by atoms with van der Waals surface area (Å²) in [5, 5.41) is 7.45. The smallest absolute Gasteiger partial charge is 0.404 e. The summed E-state index contributed by atoms with van der Waals surface area (Å²) in [5.41, 5.74) is 16.3. The lowest BCUT2D eigenvalue weighted by molar-refractivity contribution is 0.142. The molecule has 6 N–H and O–H groups in total. The van der Waals surface area contributed by atoms with Gasteiger partial charge in [0, 0.05) is 59.6 Å². The topological polar surface area (TPSA) is 156 Å². The monoisotopic (exact) mass is 654 g/mol. The van der Waals surface area contributed by atoms with Crippen molar-refractivity contribution < 1.29 is 23.7 Å². The van der Waals surface area contributed by atoms with Crippen LogP contribution in [0.15, 0.2) is 60.7 Å². The van der Waals surface area contributed by atoms with Crippen molar-refractivity contribution in [1.82, 2.24) is 20.6 Å². The number of carbonyl (C=O) groups excluding carboxylic acids is 1. The van der Waals surface area contributed by atoms with Gasteiger partial charge in [-0.25, -0.2) is 14.8 Å². The lowest BCUT2D eigenvalue weighted by Gasteiger charge is -2.15. The first kappa shape index (κ1) is 33.9. The molecule has 2 heterocycles. The van der Waals surface area contributed by atoms with E-state index >= 15 is 0 Å². The van der Waals surface area contributed by atoms with Crippen molar-refractivity contribution in [2.24, 2.45) is 11.5 Å². The van der Waals surface area contributed by atoms with Crippen molar-refractivity contribution >= 4 is 29.3 Å². The molecule has 0 aliphatic rings. The molecular formula is C32H36Cl2N6O5. The van der Waals surface area contributed by atoms with E-state index in [1.807, 2.05) is 60.7 Å². The second-order valence-electron chi connectivity index (χ2n) is 9.66. The van der Waals surface area contributed by atoms with Gasteiger partial charge in [-0.1, -0.05) is 71.7 Å². The lowest BCUT2D eigenvalue weighted by Crippen LogP contribution is -2.23. The Morgan fingerprint density at radius 3 is 1.64 bits per heavy atom. The van der Waals surface area contributed by atoms with Crippen LogP contribution in [0, 0.1) is 0 Å². The zero-order chi connectivity index (χ0) is 32.2. The van der Waals surface area contributed by atoms with Gasteiger partial charge >= 0.3 is 6.09 Å². The Morgan fingerprint density at radius 2 is 1.20 bits per heavy atom. The van der Waals surface area contributed by atoms with Gasteiger partial charge in [-0.2, -0.15) is 0 Å². The van der Waals surface area contributed by atoms with Crippen LogP contribution in [0.1, 0.15) is 11.1 Å². The van der Waals surface area contributed by atoms with Gasteiger partial charge in [0.05, 0.1) is 49.0 Å². The standard InChI is InChI=1S/C32H36Cl2N6O5/c1-42-30-20(17-37-13-15-44-19-35)9-11-26(39-30)24-7-3-5-22(28(24)33)23-6-4-8-25(29(23)34)27-12-10-21(31(40-27)43-2)18-38-14-16-45-32(36)41/h3-12,37-38H,13-19,35H2,1-2H3,(H2,36,41). The maximum absolute atomic E-state index is 10.7. The minimum Gasteiger partial charge on any atom is -0.481 e. The van der Waals surface area contributed by atoms with Crippen LogP contribution in [-0.4, -0.2) is 63.3 Å². The number of benzene rings is 2. The molecule has 0 saturated heterocycles. The summed E-state index contributed by atoms with van der Waals surface area (Å²) in [6.45, 7) is 2.95. The molecule has 11 nitrogen and oxygen atoms in total. The summed E-state index contributed by atoms with van der Waals surface area (Å²) in [4.78, 5) is 20.2. The fraction of sp³-hybridized carbons (Fsp3) is 0.281. The van der Waals surface area contributed by atoms with E-state index < -0.39 is 6.09 Å². The molecule has 0 spiro atoms. The number of carbonyl (C=O) groups is 1. The number of ether oxygens (including phenoxy) is 4. The summed E-state index contributed by atoms with van der Waals surface area (Å²) in [5.74, 6) is 0.943. The molecule has 4 rings (SSSR count). The predicted octanol–water partition coefficient (Wildman–Crippen LogP) is 5.01. The van der Waals surface area contributed by atoms with Gasteiger partial charge < -0.3 is 41.0 Å². The van der Waals surface area contributed by atoms with Crippen molar-refractivity contribution in [3.05, 3.63) is 81.8 Å². The van der Waals surface area contributed by atoms with Crippen LogP contribution < -0.4 is 31.6 Å². The number of rotatable bonds is 16. The van der Waals surface area contributed by atoms with Gasteiger partial charge in [0.15, 0.2) is 0 Å². The van der Waals surface area contributed by atoms with E-state index in [9.17, 15) is 4.79 Å². The molecule has 13 heteroatoms. The van der Waals surface area contributed by atoms with E-state index in [0.29, 0.717) is 66.0 Å². The van der Waals surface area contributed by atoms with Gasteiger partial charge in [0.2, 0.25) is 11.8 Å². The minimum absolute atomic E-state index is 0.161. The van der Waals surface area contributed by atoms with Gasteiger partial charge in [-0.05, 0) is 12.1 Å². The molecule has 2 aromatic heterocycles. The van der Waals surface area contributed by atoms with Crippen molar-refractivity contribution in [2.45, 2.75) is 13.1 Å². The molecule has 0 aliphatic carbocycles. The number of nitrogens with zero attached hydrogens (tertiary/aromatic N) is 2.